The first kappa shape index (κ1) is 16.4. The SMILES string of the molecule is COc1ccc(C)cc1-c1cc(C(C)CCN)ccc1OC. The van der Waals surface area contributed by atoms with Gasteiger partial charge in [-0.15, -0.1) is 0 Å². The summed E-state index contributed by atoms with van der Waals surface area (Å²) < 4.78 is 11.1. The summed E-state index contributed by atoms with van der Waals surface area (Å²) in [5, 5.41) is 0. The van der Waals surface area contributed by atoms with Crippen LogP contribution in [-0.4, -0.2) is 20.8 Å². The van der Waals surface area contributed by atoms with Crippen LogP contribution >= 0.6 is 0 Å². The fourth-order valence-electron chi connectivity index (χ4n) is 2.69. The van der Waals surface area contributed by atoms with Gasteiger partial charge in [0.05, 0.1) is 14.2 Å². The van der Waals surface area contributed by atoms with E-state index in [4.69, 9.17) is 15.2 Å². The molecule has 2 rings (SSSR count). The first-order chi connectivity index (χ1) is 10.6. The number of nitrogens with two attached hydrogens (primary N) is 1. The Labute approximate surface area is 133 Å². The Hall–Kier alpha value is -2.00. The van der Waals surface area contributed by atoms with Crippen LogP contribution in [0.3, 0.4) is 0 Å². The van der Waals surface area contributed by atoms with Gasteiger partial charge < -0.3 is 15.2 Å². The summed E-state index contributed by atoms with van der Waals surface area (Å²) in [5.41, 5.74) is 10.3. The molecule has 0 aliphatic carbocycles. The molecule has 0 aliphatic heterocycles. The van der Waals surface area contributed by atoms with Crippen LogP contribution in [-0.2, 0) is 0 Å². The maximum atomic E-state index is 5.69. The molecular formula is C19H25NO2. The van der Waals surface area contributed by atoms with Crippen molar-refractivity contribution in [3.8, 4) is 22.6 Å². The van der Waals surface area contributed by atoms with Crippen LogP contribution in [0.15, 0.2) is 36.4 Å². The zero-order chi connectivity index (χ0) is 16.1. The molecule has 2 N–H and O–H groups in total. The third-order valence-electron chi connectivity index (χ3n) is 4.04. The van der Waals surface area contributed by atoms with Crippen LogP contribution in [0.4, 0.5) is 0 Å². The highest BCUT2D eigenvalue weighted by Crippen LogP contribution is 2.38. The maximum absolute atomic E-state index is 5.69. The lowest BCUT2D eigenvalue weighted by Gasteiger charge is -2.17. The summed E-state index contributed by atoms with van der Waals surface area (Å²) >= 11 is 0. The van der Waals surface area contributed by atoms with Crippen molar-refractivity contribution in [2.24, 2.45) is 5.73 Å². The Morgan fingerprint density at radius 3 is 2.14 bits per heavy atom. The Morgan fingerprint density at radius 1 is 0.955 bits per heavy atom. The van der Waals surface area contributed by atoms with E-state index in [-0.39, 0.29) is 0 Å². The van der Waals surface area contributed by atoms with Crippen molar-refractivity contribution < 1.29 is 9.47 Å². The topological polar surface area (TPSA) is 44.5 Å². The number of hydrogen-bond acceptors (Lipinski definition) is 3. The van der Waals surface area contributed by atoms with Crippen LogP contribution in [0.25, 0.3) is 11.1 Å². The molecule has 3 nitrogen and oxygen atoms in total. The summed E-state index contributed by atoms with van der Waals surface area (Å²) in [6.07, 6.45) is 0.969. The number of ether oxygens (including phenoxy) is 2. The van der Waals surface area contributed by atoms with E-state index in [0.717, 1.165) is 29.0 Å². The van der Waals surface area contributed by atoms with Gasteiger partial charge in [0.15, 0.2) is 0 Å². The van der Waals surface area contributed by atoms with Crippen molar-refractivity contribution >= 4 is 0 Å². The minimum atomic E-state index is 0.422. The second kappa shape index (κ2) is 7.32. The first-order valence-corrected chi connectivity index (χ1v) is 7.63. The predicted molar refractivity (Wildman–Crippen MR) is 91.8 cm³/mol. The number of methoxy groups -OCH3 is 2. The van der Waals surface area contributed by atoms with Crippen molar-refractivity contribution in [1.29, 1.82) is 0 Å². The van der Waals surface area contributed by atoms with E-state index in [1.54, 1.807) is 14.2 Å². The van der Waals surface area contributed by atoms with E-state index < -0.39 is 0 Å². The summed E-state index contributed by atoms with van der Waals surface area (Å²) in [4.78, 5) is 0. The van der Waals surface area contributed by atoms with Crippen molar-refractivity contribution in [2.45, 2.75) is 26.2 Å². The number of aryl methyl sites for hydroxylation is 1. The molecular weight excluding hydrogens is 274 g/mol. The number of benzene rings is 2. The van der Waals surface area contributed by atoms with Crippen molar-refractivity contribution in [1.82, 2.24) is 0 Å². The third-order valence-corrected chi connectivity index (χ3v) is 4.04. The average Bonchev–Trinajstić information content (AvgIpc) is 2.54. The molecule has 0 aliphatic rings. The molecule has 3 heteroatoms. The van der Waals surface area contributed by atoms with Crippen LogP contribution < -0.4 is 15.2 Å². The molecule has 22 heavy (non-hydrogen) atoms. The lowest BCUT2D eigenvalue weighted by Crippen LogP contribution is -2.05. The largest absolute Gasteiger partial charge is 0.496 e. The molecule has 0 spiro atoms. The maximum Gasteiger partial charge on any atom is 0.126 e. The minimum absolute atomic E-state index is 0.422. The van der Waals surface area contributed by atoms with Gasteiger partial charge in [-0.1, -0.05) is 24.6 Å². The highest BCUT2D eigenvalue weighted by molar-refractivity contribution is 5.77. The molecule has 0 bridgehead atoms. The van der Waals surface area contributed by atoms with Gasteiger partial charge >= 0.3 is 0 Å². The van der Waals surface area contributed by atoms with Crippen molar-refractivity contribution in [2.75, 3.05) is 20.8 Å². The molecule has 0 fully saturated rings. The second-order valence-corrected chi connectivity index (χ2v) is 5.64. The van der Waals surface area contributed by atoms with Crippen molar-refractivity contribution in [3.63, 3.8) is 0 Å². The number of rotatable bonds is 6. The third kappa shape index (κ3) is 3.42. The van der Waals surface area contributed by atoms with E-state index >= 15 is 0 Å². The molecule has 0 aromatic heterocycles. The lowest BCUT2D eigenvalue weighted by atomic mass is 9.92. The van der Waals surface area contributed by atoms with Gasteiger partial charge in [0, 0.05) is 11.1 Å². The fourth-order valence-corrected chi connectivity index (χ4v) is 2.69. The monoisotopic (exact) mass is 299 g/mol. The van der Waals surface area contributed by atoms with E-state index in [0.29, 0.717) is 12.5 Å². The van der Waals surface area contributed by atoms with E-state index in [2.05, 4.69) is 38.1 Å². The molecule has 0 heterocycles. The molecule has 2 aromatic carbocycles. The first-order valence-electron chi connectivity index (χ1n) is 7.63. The standard InChI is InChI=1S/C19H25NO2/c1-13-5-7-18(21-3)16(11-13)17-12-15(14(2)9-10-20)6-8-19(17)22-4/h5-8,11-12,14H,9-10,20H2,1-4H3. The molecule has 0 saturated heterocycles. The fraction of sp³-hybridized carbons (Fsp3) is 0.368. The zero-order valence-electron chi connectivity index (χ0n) is 13.8. The molecule has 2 aromatic rings. The van der Waals surface area contributed by atoms with Gasteiger partial charge in [-0.3, -0.25) is 0 Å². The Bertz CT molecular complexity index is 637. The zero-order valence-corrected chi connectivity index (χ0v) is 13.8. The predicted octanol–water partition coefficient (Wildman–Crippen LogP) is 4.13. The van der Waals surface area contributed by atoms with Crippen LogP contribution in [0.2, 0.25) is 0 Å². The molecule has 0 saturated carbocycles. The molecule has 1 atom stereocenters. The van der Waals surface area contributed by atoms with Crippen LogP contribution in [0.5, 0.6) is 11.5 Å². The van der Waals surface area contributed by atoms with Gasteiger partial charge in [-0.25, -0.2) is 0 Å². The van der Waals surface area contributed by atoms with E-state index in [1.807, 2.05) is 12.1 Å². The van der Waals surface area contributed by atoms with Gasteiger partial charge in [0.25, 0.3) is 0 Å². The minimum Gasteiger partial charge on any atom is -0.496 e. The highest BCUT2D eigenvalue weighted by Gasteiger charge is 2.14. The second-order valence-electron chi connectivity index (χ2n) is 5.64. The summed E-state index contributed by atoms with van der Waals surface area (Å²) in [6.45, 7) is 4.97. The molecule has 0 amide bonds. The quantitative estimate of drug-likeness (QED) is 0.872. The highest BCUT2D eigenvalue weighted by atomic mass is 16.5. The molecule has 118 valence electrons. The molecule has 1 unspecified atom stereocenters. The summed E-state index contributed by atoms with van der Waals surface area (Å²) in [5.74, 6) is 2.13. The van der Waals surface area contributed by atoms with Crippen LogP contribution in [0, 0.1) is 6.92 Å². The lowest BCUT2D eigenvalue weighted by molar-refractivity contribution is 0.410. The van der Waals surface area contributed by atoms with Gasteiger partial charge in [-0.05, 0) is 55.6 Å². The average molecular weight is 299 g/mol. The van der Waals surface area contributed by atoms with Crippen molar-refractivity contribution in [3.05, 3.63) is 47.5 Å². The van der Waals surface area contributed by atoms with E-state index in [9.17, 15) is 0 Å². The number of hydrogen-bond donors (Lipinski definition) is 1. The summed E-state index contributed by atoms with van der Waals surface area (Å²) in [6, 6.07) is 12.5. The van der Waals surface area contributed by atoms with Gasteiger partial charge in [-0.2, -0.15) is 0 Å². The van der Waals surface area contributed by atoms with Gasteiger partial charge in [0.1, 0.15) is 11.5 Å². The smallest absolute Gasteiger partial charge is 0.126 e. The summed E-state index contributed by atoms with van der Waals surface area (Å²) in [7, 11) is 3.39. The Balaban J connectivity index is 2.57. The Kier molecular flexibility index (Phi) is 5.45. The molecule has 0 radical (unpaired) electrons. The van der Waals surface area contributed by atoms with Gasteiger partial charge in [0.2, 0.25) is 0 Å². The van der Waals surface area contributed by atoms with E-state index in [1.165, 1.54) is 11.1 Å². The van der Waals surface area contributed by atoms with Crippen LogP contribution in [0.1, 0.15) is 30.4 Å². The normalized spacial score (nSPS) is 12.0. The Morgan fingerprint density at radius 2 is 1.55 bits per heavy atom.